The van der Waals surface area contributed by atoms with E-state index in [1.54, 1.807) is 0 Å². The highest BCUT2D eigenvalue weighted by atomic mass is 15.2. The summed E-state index contributed by atoms with van der Waals surface area (Å²) in [6.45, 7) is 4.76. The van der Waals surface area contributed by atoms with Gasteiger partial charge in [-0.05, 0) is 109 Å². The Balaban J connectivity index is 1.09. The standard InChI is InChI=1S/C57H42N2/c1-57(2)52-25-12-13-26-54(52)59(55-36-31-44(38-53(55)57)49-24-14-19-40-16-8-10-22-48(40)49)56-50-23-11-9-17-41(50)30-35-51(56)42-28-32-46(33-29-42)58(45-20-4-3-5-21-45)47-34-27-39-15-6-7-18-43(39)37-47/h3-38H,1-2H3. The molecule has 1 heterocycles. The highest BCUT2D eigenvalue weighted by Crippen LogP contribution is 2.55. The van der Waals surface area contributed by atoms with Crippen LogP contribution in [0.25, 0.3) is 54.6 Å². The van der Waals surface area contributed by atoms with Crippen molar-refractivity contribution >= 4 is 66.4 Å². The number of fused-ring (bicyclic) bond motifs is 5. The first-order valence-corrected chi connectivity index (χ1v) is 20.5. The third-order valence-electron chi connectivity index (χ3n) is 12.4. The molecule has 59 heavy (non-hydrogen) atoms. The summed E-state index contributed by atoms with van der Waals surface area (Å²) in [6.07, 6.45) is 0. The van der Waals surface area contributed by atoms with Crippen LogP contribution >= 0.6 is 0 Å². The first kappa shape index (κ1) is 34.8. The molecule has 0 unspecified atom stereocenters. The molecule has 0 fully saturated rings. The monoisotopic (exact) mass is 754 g/mol. The molecule has 10 aromatic rings. The van der Waals surface area contributed by atoms with Crippen molar-refractivity contribution in [1.82, 2.24) is 0 Å². The van der Waals surface area contributed by atoms with Crippen LogP contribution in [0.5, 0.6) is 0 Å². The molecule has 0 atom stereocenters. The van der Waals surface area contributed by atoms with E-state index in [9.17, 15) is 0 Å². The third-order valence-corrected chi connectivity index (χ3v) is 12.4. The van der Waals surface area contributed by atoms with Crippen LogP contribution in [-0.2, 0) is 5.41 Å². The lowest BCUT2D eigenvalue weighted by atomic mass is 9.72. The summed E-state index contributed by atoms with van der Waals surface area (Å²) in [6, 6.07) is 80.0. The molecule has 2 heteroatoms. The highest BCUT2D eigenvalue weighted by Gasteiger charge is 2.38. The fourth-order valence-electron chi connectivity index (χ4n) is 9.45. The maximum atomic E-state index is 2.54. The maximum absolute atomic E-state index is 2.54. The average molecular weight is 755 g/mol. The van der Waals surface area contributed by atoms with Gasteiger partial charge < -0.3 is 9.80 Å². The molecule has 280 valence electrons. The predicted molar refractivity (Wildman–Crippen MR) is 251 cm³/mol. The molecular formula is C57H42N2. The molecular weight excluding hydrogens is 713 g/mol. The molecule has 0 saturated heterocycles. The molecule has 1 aliphatic rings. The highest BCUT2D eigenvalue weighted by molar-refractivity contribution is 6.08. The zero-order valence-electron chi connectivity index (χ0n) is 33.2. The van der Waals surface area contributed by atoms with E-state index in [-0.39, 0.29) is 5.41 Å². The number of para-hydroxylation sites is 2. The Morgan fingerprint density at radius 2 is 0.932 bits per heavy atom. The molecule has 0 aliphatic carbocycles. The minimum Gasteiger partial charge on any atom is -0.310 e. The smallest absolute Gasteiger partial charge is 0.0618 e. The predicted octanol–water partition coefficient (Wildman–Crippen LogP) is 16.1. The van der Waals surface area contributed by atoms with E-state index in [2.05, 4.69) is 242 Å². The van der Waals surface area contributed by atoms with Crippen LogP contribution in [0.2, 0.25) is 0 Å². The van der Waals surface area contributed by atoms with Crippen molar-refractivity contribution in [2.75, 3.05) is 9.80 Å². The zero-order valence-corrected chi connectivity index (χ0v) is 33.2. The van der Waals surface area contributed by atoms with Crippen LogP contribution in [0.4, 0.5) is 34.1 Å². The summed E-state index contributed by atoms with van der Waals surface area (Å²) in [5.74, 6) is 0. The molecule has 10 aromatic carbocycles. The second-order valence-electron chi connectivity index (χ2n) is 16.2. The van der Waals surface area contributed by atoms with Crippen molar-refractivity contribution in [2.45, 2.75) is 19.3 Å². The fourth-order valence-corrected chi connectivity index (χ4v) is 9.45. The fraction of sp³-hybridized carbons (Fsp3) is 0.0526. The van der Waals surface area contributed by atoms with E-state index in [0.29, 0.717) is 0 Å². The van der Waals surface area contributed by atoms with Gasteiger partial charge in [0.2, 0.25) is 0 Å². The van der Waals surface area contributed by atoms with Crippen LogP contribution in [0.15, 0.2) is 218 Å². The summed E-state index contributed by atoms with van der Waals surface area (Å²) in [5.41, 5.74) is 14.2. The van der Waals surface area contributed by atoms with Crippen LogP contribution in [0.3, 0.4) is 0 Å². The lowest BCUT2D eigenvalue weighted by Gasteiger charge is -2.43. The van der Waals surface area contributed by atoms with Gasteiger partial charge in [0, 0.05) is 33.4 Å². The van der Waals surface area contributed by atoms with Crippen LogP contribution < -0.4 is 9.80 Å². The van der Waals surface area contributed by atoms with Gasteiger partial charge in [-0.15, -0.1) is 0 Å². The summed E-state index contributed by atoms with van der Waals surface area (Å²) in [7, 11) is 0. The van der Waals surface area contributed by atoms with Crippen molar-refractivity contribution in [2.24, 2.45) is 0 Å². The van der Waals surface area contributed by atoms with Crippen LogP contribution in [0, 0.1) is 0 Å². The molecule has 0 amide bonds. The lowest BCUT2D eigenvalue weighted by Crippen LogP contribution is -2.31. The summed E-state index contributed by atoms with van der Waals surface area (Å²) in [4.78, 5) is 4.89. The van der Waals surface area contributed by atoms with Gasteiger partial charge in [-0.3, -0.25) is 0 Å². The average Bonchev–Trinajstić information content (AvgIpc) is 3.29. The number of hydrogen-bond donors (Lipinski definition) is 0. The topological polar surface area (TPSA) is 6.48 Å². The Hall–Kier alpha value is -7.42. The quantitative estimate of drug-likeness (QED) is 0.167. The maximum Gasteiger partial charge on any atom is 0.0618 e. The van der Waals surface area contributed by atoms with E-state index in [1.807, 2.05) is 0 Å². The Bertz CT molecular complexity index is 3190. The normalized spacial score (nSPS) is 13.0. The molecule has 0 saturated carbocycles. The number of hydrogen-bond acceptors (Lipinski definition) is 2. The van der Waals surface area contributed by atoms with Crippen molar-refractivity contribution in [1.29, 1.82) is 0 Å². The van der Waals surface area contributed by atoms with Gasteiger partial charge >= 0.3 is 0 Å². The second kappa shape index (κ2) is 13.9. The van der Waals surface area contributed by atoms with Crippen LogP contribution in [0.1, 0.15) is 25.0 Å². The molecule has 0 aromatic heterocycles. The van der Waals surface area contributed by atoms with Gasteiger partial charge in [-0.1, -0.05) is 178 Å². The van der Waals surface area contributed by atoms with E-state index >= 15 is 0 Å². The second-order valence-corrected chi connectivity index (χ2v) is 16.2. The van der Waals surface area contributed by atoms with E-state index < -0.39 is 0 Å². The van der Waals surface area contributed by atoms with Gasteiger partial charge in [-0.2, -0.15) is 0 Å². The van der Waals surface area contributed by atoms with Gasteiger partial charge in [0.05, 0.1) is 17.1 Å². The molecule has 0 radical (unpaired) electrons. The van der Waals surface area contributed by atoms with E-state index in [1.165, 1.54) is 77.2 Å². The molecule has 2 nitrogen and oxygen atoms in total. The van der Waals surface area contributed by atoms with Crippen molar-refractivity contribution < 1.29 is 0 Å². The molecule has 11 rings (SSSR count). The first-order valence-electron chi connectivity index (χ1n) is 20.5. The summed E-state index contributed by atoms with van der Waals surface area (Å²) >= 11 is 0. The van der Waals surface area contributed by atoms with Gasteiger partial charge in [-0.25, -0.2) is 0 Å². The Morgan fingerprint density at radius 3 is 1.75 bits per heavy atom. The van der Waals surface area contributed by atoms with Gasteiger partial charge in [0.1, 0.15) is 0 Å². The number of benzene rings is 10. The first-order chi connectivity index (χ1) is 29.0. The molecule has 0 bridgehead atoms. The number of rotatable bonds is 6. The summed E-state index contributed by atoms with van der Waals surface area (Å²) < 4.78 is 0. The minimum atomic E-state index is -0.237. The van der Waals surface area contributed by atoms with Crippen molar-refractivity contribution in [3.63, 3.8) is 0 Å². The lowest BCUT2D eigenvalue weighted by molar-refractivity contribution is 0.632. The minimum absolute atomic E-state index is 0.237. The Kier molecular flexibility index (Phi) is 8.20. The molecule has 0 N–H and O–H groups in total. The Labute approximate surface area is 345 Å². The molecule has 0 spiro atoms. The van der Waals surface area contributed by atoms with Gasteiger partial charge in [0.25, 0.3) is 0 Å². The third kappa shape index (κ3) is 5.79. The zero-order chi connectivity index (χ0) is 39.5. The molecule has 1 aliphatic heterocycles. The largest absolute Gasteiger partial charge is 0.310 e. The summed E-state index contributed by atoms with van der Waals surface area (Å²) in [5, 5.41) is 7.41. The van der Waals surface area contributed by atoms with E-state index in [4.69, 9.17) is 0 Å². The van der Waals surface area contributed by atoms with E-state index in [0.717, 1.165) is 22.6 Å². The number of nitrogens with zero attached hydrogens (tertiary/aromatic N) is 2. The van der Waals surface area contributed by atoms with Crippen molar-refractivity contribution in [3.05, 3.63) is 230 Å². The van der Waals surface area contributed by atoms with Crippen molar-refractivity contribution in [3.8, 4) is 22.3 Å². The van der Waals surface area contributed by atoms with Crippen LogP contribution in [-0.4, -0.2) is 0 Å². The Morgan fingerprint density at radius 1 is 0.356 bits per heavy atom. The number of anilines is 6. The van der Waals surface area contributed by atoms with Gasteiger partial charge in [0.15, 0.2) is 0 Å². The SMILES string of the molecule is CC1(C)c2ccccc2N(c2c(-c3ccc(N(c4ccccc4)c4ccc5ccccc5c4)cc3)ccc3ccccc23)c2ccc(-c3cccc4ccccc34)cc21.